The van der Waals surface area contributed by atoms with Gasteiger partial charge in [0, 0.05) is 33.0 Å². The lowest BCUT2D eigenvalue weighted by molar-refractivity contribution is 0.332. The van der Waals surface area contributed by atoms with E-state index in [9.17, 15) is 0 Å². The molecule has 0 radical (unpaired) electrons. The molecule has 6 aromatic carbocycles. The monoisotopic (exact) mass is 941 g/mol. The van der Waals surface area contributed by atoms with Gasteiger partial charge in [0.2, 0.25) is 0 Å². The highest BCUT2D eigenvalue weighted by molar-refractivity contribution is 7.26. The third kappa shape index (κ3) is 7.22. The first-order valence-corrected chi connectivity index (χ1v) is 27.3. The van der Waals surface area contributed by atoms with E-state index in [2.05, 4.69) is 237 Å². The molecule has 2 aliphatic heterocycles. The van der Waals surface area contributed by atoms with Crippen molar-refractivity contribution in [3.63, 3.8) is 0 Å². The lowest BCUT2D eigenvalue weighted by Crippen LogP contribution is -2.62. The van der Waals surface area contributed by atoms with E-state index in [1.165, 1.54) is 129 Å². The first-order chi connectivity index (χ1) is 32.6. The summed E-state index contributed by atoms with van der Waals surface area (Å²) in [5.41, 5.74) is 23.5. The van der Waals surface area contributed by atoms with Crippen LogP contribution in [0, 0.1) is 0 Å². The molecule has 0 atom stereocenters. The molecule has 4 aliphatic rings. The number of thiophene rings is 1. The van der Waals surface area contributed by atoms with E-state index in [4.69, 9.17) is 0 Å². The van der Waals surface area contributed by atoms with Crippen LogP contribution in [-0.4, -0.2) is 6.71 Å². The first kappa shape index (κ1) is 47.3. The fourth-order valence-electron chi connectivity index (χ4n) is 12.9. The molecule has 2 aliphatic carbocycles. The summed E-state index contributed by atoms with van der Waals surface area (Å²) in [6.45, 7) is 41.3. The minimum absolute atomic E-state index is 0.0219. The van der Waals surface area contributed by atoms with E-state index in [0.29, 0.717) is 0 Å². The maximum Gasteiger partial charge on any atom is 0.254 e. The molecule has 11 rings (SSSR count). The Bertz CT molecular complexity index is 3270. The van der Waals surface area contributed by atoms with E-state index in [1.807, 2.05) is 11.3 Å². The molecule has 2 nitrogen and oxygen atoms in total. The van der Waals surface area contributed by atoms with E-state index >= 15 is 0 Å². The Morgan fingerprint density at radius 1 is 0.471 bits per heavy atom. The van der Waals surface area contributed by atoms with Crippen LogP contribution in [0.25, 0.3) is 21.2 Å². The molecule has 360 valence electrons. The molecular formula is C66H77BN2S. The van der Waals surface area contributed by atoms with Crippen LogP contribution < -0.4 is 26.2 Å². The van der Waals surface area contributed by atoms with Gasteiger partial charge in [-0.1, -0.05) is 178 Å². The van der Waals surface area contributed by atoms with Gasteiger partial charge < -0.3 is 9.80 Å². The Labute approximate surface area is 426 Å². The summed E-state index contributed by atoms with van der Waals surface area (Å²) in [6.07, 6.45) is 4.69. The van der Waals surface area contributed by atoms with Crippen molar-refractivity contribution in [2.45, 2.75) is 181 Å². The van der Waals surface area contributed by atoms with Gasteiger partial charge in [0.15, 0.2) is 0 Å². The Hall–Kier alpha value is -5.06. The average Bonchev–Trinajstić information content (AvgIpc) is 3.66. The summed E-state index contributed by atoms with van der Waals surface area (Å²) in [5.74, 6) is 0. The van der Waals surface area contributed by atoms with Crippen molar-refractivity contribution in [1.82, 2.24) is 0 Å². The first-order valence-electron chi connectivity index (χ1n) is 26.5. The lowest BCUT2D eigenvalue weighted by atomic mass is 9.33. The molecule has 0 saturated heterocycles. The molecule has 1 aromatic heterocycles. The van der Waals surface area contributed by atoms with Gasteiger partial charge in [-0.25, -0.2) is 0 Å². The third-order valence-corrected chi connectivity index (χ3v) is 18.8. The second-order valence-corrected chi connectivity index (χ2v) is 28.6. The maximum absolute atomic E-state index is 2.80. The summed E-state index contributed by atoms with van der Waals surface area (Å²) >= 11 is 2.03. The highest BCUT2D eigenvalue weighted by Gasteiger charge is 2.51. The highest BCUT2D eigenvalue weighted by Crippen LogP contribution is 2.57. The fourth-order valence-corrected chi connectivity index (χ4v) is 14.2. The summed E-state index contributed by atoms with van der Waals surface area (Å²) in [7, 11) is 0. The molecule has 0 unspecified atom stereocenters. The molecule has 0 bridgehead atoms. The van der Waals surface area contributed by atoms with Crippen LogP contribution >= 0.6 is 11.3 Å². The number of anilines is 6. The number of hydrogen-bond acceptors (Lipinski definition) is 3. The number of rotatable bonds is 3. The molecule has 0 saturated carbocycles. The smallest absolute Gasteiger partial charge is 0.254 e. The van der Waals surface area contributed by atoms with Gasteiger partial charge in [0.25, 0.3) is 6.71 Å². The van der Waals surface area contributed by atoms with Crippen LogP contribution in [0.15, 0.2) is 109 Å². The van der Waals surface area contributed by atoms with Crippen molar-refractivity contribution in [1.29, 1.82) is 0 Å². The number of nitrogens with zero attached hydrogens (tertiary/aromatic N) is 2. The second-order valence-electron chi connectivity index (χ2n) is 27.6. The zero-order valence-electron chi connectivity index (χ0n) is 45.6. The van der Waals surface area contributed by atoms with Gasteiger partial charge in [0.05, 0.1) is 10.7 Å². The van der Waals surface area contributed by atoms with Gasteiger partial charge in [-0.05, 0) is 178 Å². The minimum Gasteiger partial charge on any atom is -0.310 e. The Morgan fingerprint density at radius 3 is 1.61 bits per heavy atom. The Balaban J connectivity index is 1.34. The van der Waals surface area contributed by atoms with Crippen molar-refractivity contribution >= 4 is 78.0 Å². The van der Waals surface area contributed by atoms with Crippen LogP contribution in [0.4, 0.5) is 33.4 Å². The van der Waals surface area contributed by atoms with Crippen LogP contribution in [0.3, 0.4) is 0 Å². The van der Waals surface area contributed by atoms with Crippen molar-refractivity contribution in [2.24, 2.45) is 0 Å². The Kier molecular flexibility index (Phi) is 10.3. The Morgan fingerprint density at radius 2 is 1.01 bits per heavy atom. The van der Waals surface area contributed by atoms with Crippen molar-refractivity contribution in [2.75, 3.05) is 9.80 Å². The fraction of sp³-hybridized carbons (Fsp3) is 0.424. The normalized spacial score (nSPS) is 18.5. The molecule has 3 heterocycles. The van der Waals surface area contributed by atoms with Crippen LogP contribution in [-0.2, 0) is 37.9 Å². The van der Waals surface area contributed by atoms with Crippen LogP contribution in [0.5, 0.6) is 0 Å². The predicted octanol–water partition coefficient (Wildman–Crippen LogP) is 17.2. The molecule has 70 heavy (non-hydrogen) atoms. The van der Waals surface area contributed by atoms with Crippen molar-refractivity contribution < 1.29 is 0 Å². The molecule has 0 amide bonds. The maximum atomic E-state index is 2.80. The van der Waals surface area contributed by atoms with Gasteiger partial charge in [-0.15, -0.1) is 11.3 Å². The lowest BCUT2D eigenvalue weighted by Gasteiger charge is -2.49. The molecule has 0 fully saturated rings. The highest BCUT2D eigenvalue weighted by atomic mass is 32.1. The number of benzene rings is 6. The van der Waals surface area contributed by atoms with E-state index in [1.54, 1.807) is 0 Å². The zero-order chi connectivity index (χ0) is 50.0. The van der Waals surface area contributed by atoms with Crippen molar-refractivity contribution in [3.05, 3.63) is 148 Å². The molecule has 4 heteroatoms. The quantitative estimate of drug-likeness (QED) is 0.163. The minimum atomic E-state index is -0.124. The predicted molar refractivity (Wildman–Crippen MR) is 308 cm³/mol. The summed E-state index contributed by atoms with van der Waals surface area (Å²) in [5, 5.41) is 2.79. The van der Waals surface area contributed by atoms with Crippen LogP contribution in [0.1, 0.15) is 182 Å². The molecule has 0 N–H and O–H groups in total. The van der Waals surface area contributed by atoms with E-state index < -0.39 is 0 Å². The average molecular weight is 941 g/mol. The summed E-state index contributed by atoms with van der Waals surface area (Å²) in [6, 6.07) is 44.0. The molecule has 0 spiro atoms. The number of fused-ring (bicyclic) bond motifs is 9. The van der Waals surface area contributed by atoms with E-state index in [-0.39, 0.29) is 44.6 Å². The molecular weight excluding hydrogens is 864 g/mol. The van der Waals surface area contributed by atoms with E-state index in [0.717, 1.165) is 6.42 Å². The number of hydrogen-bond donors (Lipinski definition) is 0. The molecule has 7 aromatic rings. The van der Waals surface area contributed by atoms with Gasteiger partial charge >= 0.3 is 0 Å². The SMILES string of the molecule is CC(C)(C)c1ccc(N2c3cc(C(C)(C)C)cc4c3B(c3ccc5c(c3N4c3ccc(C(C)(C)C)cc3-c3ccccc3)C(C)(C)CCC5(C)C)c3c2sc2cc4c(cc32)C(C)(C)CCC4(C)C)cc1. The van der Waals surface area contributed by atoms with Crippen LogP contribution in [0.2, 0.25) is 0 Å². The van der Waals surface area contributed by atoms with Crippen molar-refractivity contribution in [3.8, 4) is 11.1 Å². The van der Waals surface area contributed by atoms with Gasteiger partial charge in [-0.3, -0.25) is 0 Å². The second kappa shape index (κ2) is 15.2. The largest absolute Gasteiger partial charge is 0.310 e. The van der Waals surface area contributed by atoms with Gasteiger partial charge in [-0.2, -0.15) is 0 Å². The summed E-state index contributed by atoms with van der Waals surface area (Å²) < 4.78 is 1.41. The standard InChI is InChI=1S/C66H77BN2S/c1-60(2,3)41-23-26-44(27-24-41)68-52-36-43(62(7,8)9)37-53-57(52)67(56-46-38-48-49(39-54(46)70-59(56)68)65(14,15)32-31-64(48,12)13)50-29-28-47-55(66(16,17)34-33-63(47,10)11)58(50)69(53)51-30-25-42(61(4,5)6)35-45(51)40-21-19-18-20-22-40/h18-30,35-39H,31-34H2,1-17H3. The van der Waals surface area contributed by atoms with Gasteiger partial charge in [0.1, 0.15) is 0 Å². The topological polar surface area (TPSA) is 6.48 Å². The third-order valence-electron chi connectivity index (χ3n) is 17.6. The summed E-state index contributed by atoms with van der Waals surface area (Å²) in [4.78, 5) is 5.49. The zero-order valence-corrected chi connectivity index (χ0v) is 46.4.